The number of ether oxygens (including phenoxy) is 2. The van der Waals surface area contributed by atoms with Crippen LogP contribution in [-0.2, 0) is 4.74 Å². The van der Waals surface area contributed by atoms with Crippen molar-refractivity contribution in [2.24, 2.45) is 5.92 Å². The van der Waals surface area contributed by atoms with Crippen molar-refractivity contribution in [2.75, 3.05) is 24.7 Å². The highest BCUT2D eigenvalue weighted by Gasteiger charge is 2.45. The summed E-state index contributed by atoms with van der Waals surface area (Å²) in [5, 5.41) is 41.1. The van der Waals surface area contributed by atoms with Gasteiger partial charge in [-0.2, -0.15) is 0 Å². The lowest BCUT2D eigenvalue weighted by molar-refractivity contribution is -0.0548. The smallest absolute Gasteiger partial charge is 0.172 e. The standard InChI is InChI=1S/C24H31N5O7S/c1-12(2)7-16(32)13-3-5-15(6-4-13)35-9-14(31)10-37-24-28-18-21(25)26-11-27-22(18)29(24)23-20(34)19(33)17(8-30)36-23/h3-6,11-12,14,17,19-20,23,30-31,33-34H,7-10H2,1-2H3,(H2,25,26,27)/t14?,17-,19-,20-,23-/m1/s1. The summed E-state index contributed by atoms with van der Waals surface area (Å²) in [6, 6.07) is 6.79. The Kier molecular flexibility index (Phi) is 8.62. The number of aliphatic hydroxyl groups excluding tert-OH is 4. The molecule has 1 saturated heterocycles. The first-order valence-corrected chi connectivity index (χ1v) is 12.9. The fraction of sp³-hybridized carbons (Fsp3) is 0.500. The molecule has 1 fully saturated rings. The maximum absolute atomic E-state index is 12.2. The van der Waals surface area contributed by atoms with Gasteiger partial charge in [0.05, 0.1) is 12.7 Å². The van der Waals surface area contributed by atoms with Gasteiger partial charge in [0.2, 0.25) is 0 Å². The monoisotopic (exact) mass is 533 g/mol. The maximum atomic E-state index is 12.2. The van der Waals surface area contributed by atoms with E-state index in [1.54, 1.807) is 24.3 Å². The highest BCUT2D eigenvalue weighted by Crippen LogP contribution is 2.36. The van der Waals surface area contributed by atoms with E-state index in [4.69, 9.17) is 15.2 Å². The summed E-state index contributed by atoms with van der Waals surface area (Å²) in [6.45, 7) is 3.49. The summed E-state index contributed by atoms with van der Waals surface area (Å²) in [7, 11) is 0. The molecule has 4 rings (SSSR count). The second kappa shape index (κ2) is 11.7. The van der Waals surface area contributed by atoms with Gasteiger partial charge in [-0.05, 0) is 30.2 Å². The number of imidazole rings is 1. The molecule has 2 aromatic heterocycles. The van der Waals surface area contributed by atoms with Crippen molar-refractivity contribution in [1.82, 2.24) is 19.5 Å². The van der Waals surface area contributed by atoms with Gasteiger partial charge in [-0.15, -0.1) is 0 Å². The molecular weight excluding hydrogens is 502 g/mol. The van der Waals surface area contributed by atoms with Crippen LogP contribution in [0.4, 0.5) is 5.82 Å². The molecule has 0 aliphatic carbocycles. The lowest BCUT2D eigenvalue weighted by atomic mass is 10.0. The lowest BCUT2D eigenvalue weighted by Crippen LogP contribution is -2.33. The quantitative estimate of drug-likeness (QED) is 0.172. The summed E-state index contributed by atoms with van der Waals surface area (Å²) in [5.74, 6) is 1.15. The van der Waals surface area contributed by atoms with Gasteiger partial charge < -0.3 is 35.6 Å². The number of carbonyl (C=O) groups excluding carboxylic acids is 1. The first-order valence-electron chi connectivity index (χ1n) is 11.9. The van der Waals surface area contributed by atoms with Crippen molar-refractivity contribution >= 4 is 34.5 Å². The van der Waals surface area contributed by atoms with E-state index >= 15 is 0 Å². The third-order valence-corrected chi connectivity index (χ3v) is 6.96. The van der Waals surface area contributed by atoms with Crippen molar-refractivity contribution in [1.29, 1.82) is 0 Å². The molecule has 0 amide bonds. The minimum absolute atomic E-state index is 0.0116. The SMILES string of the molecule is CC(C)CC(=O)c1ccc(OCC(O)CSc2nc3c(N)ncnc3n2[C@@H]2O[C@H](CO)[C@@H](O)[C@H]2O)cc1. The van der Waals surface area contributed by atoms with Gasteiger partial charge in [0, 0.05) is 17.7 Å². The molecule has 0 bridgehead atoms. The van der Waals surface area contributed by atoms with Crippen LogP contribution >= 0.6 is 11.8 Å². The predicted molar refractivity (Wildman–Crippen MR) is 135 cm³/mol. The molecule has 1 aliphatic rings. The number of carbonyl (C=O) groups is 1. The molecular formula is C24H31N5O7S. The van der Waals surface area contributed by atoms with E-state index in [-0.39, 0.29) is 41.0 Å². The number of benzene rings is 1. The molecule has 37 heavy (non-hydrogen) atoms. The number of anilines is 1. The van der Waals surface area contributed by atoms with E-state index in [1.165, 1.54) is 10.9 Å². The molecule has 0 radical (unpaired) electrons. The summed E-state index contributed by atoms with van der Waals surface area (Å²) >= 11 is 1.15. The molecule has 13 heteroatoms. The number of aromatic nitrogens is 4. The van der Waals surface area contributed by atoms with E-state index < -0.39 is 37.3 Å². The Morgan fingerprint density at radius 3 is 2.59 bits per heavy atom. The fourth-order valence-corrected chi connectivity index (χ4v) is 4.89. The van der Waals surface area contributed by atoms with Crippen molar-refractivity contribution in [3.05, 3.63) is 36.2 Å². The summed E-state index contributed by atoms with van der Waals surface area (Å²) < 4.78 is 12.8. The van der Waals surface area contributed by atoms with Gasteiger partial charge in [0.1, 0.15) is 37.0 Å². The Hall–Kier alpha value is -2.81. The third-order valence-electron chi connectivity index (χ3n) is 5.86. The van der Waals surface area contributed by atoms with Gasteiger partial charge in [0.15, 0.2) is 34.1 Å². The molecule has 0 saturated carbocycles. The summed E-state index contributed by atoms with van der Waals surface area (Å²) in [6.07, 6.45) is -3.91. The number of nitrogen functional groups attached to an aromatic ring is 1. The van der Waals surface area contributed by atoms with E-state index in [1.807, 2.05) is 13.8 Å². The Morgan fingerprint density at radius 2 is 1.95 bits per heavy atom. The second-order valence-electron chi connectivity index (χ2n) is 9.25. The average Bonchev–Trinajstić information content (AvgIpc) is 3.38. The van der Waals surface area contributed by atoms with E-state index in [9.17, 15) is 25.2 Å². The average molecular weight is 534 g/mol. The van der Waals surface area contributed by atoms with Crippen LogP contribution in [0.5, 0.6) is 5.75 Å². The molecule has 1 aliphatic heterocycles. The predicted octanol–water partition coefficient (Wildman–Crippen LogP) is 0.781. The molecule has 3 aromatic rings. The lowest BCUT2D eigenvalue weighted by Gasteiger charge is -2.19. The molecule has 1 aromatic carbocycles. The Morgan fingerprint density at radius 1 is 1.22 bits per heavy atom. The van der Waals surface area contributed by atoms with E-state index in [0.717, 1.165) is 11.8 Å². The van der Waals surface area contributed by atoms with Crippen LogP contribution in [0.1, 0.15) is 36.9 Å². The largest absolute Gasteiger partial charge is 0.491 e. The van der Waals surface area contributed by atoms with Crippen LogP contribution in [0, 0.1) is 5.92 Å². The van der Waals surface area contributed by atoms with Crippen LogP contribution in [0.25, 0.3) is 11.2 Å². The number of hydrogen-bond donors (Lipinski definition) is 5. The summed E-state index contributed by atoms with van der Waals surface area (Å²) in [4.78, 5) is 24.8. The first kappa shape index (κ1) is 27.2. The topological polar surface area (TPSA) is 186 Å². The highest BCUT2D eigenvalue weighted by molar-refractivity contribution is 7.99. The molecule has 200 valence electrons. The van der Waals surface area contributed by atoms with E-state index in [0.29, 0.717) is 22.9 Å². The van der Waals surface area contributed by atoms with Crippen LogP contribution in [0.2, 0.25) is 0 Å². The van der Waals surface area contributed by atoms with Crippen molar-refractivity contribution in [3.63, 3.8) is 0 Å². The zero-order chi connectivity index (χ0) is 26.7. The zero-order valence-corrected chi connectivity index (χ0v) is 21.3. The minimum atomic E-state index is -1.35. The molecule has 1 unspecified atom stereocenters. The van der Waals surface area contributed by atoms with Crippen LogP contribution < -0.4 is 10.5 Å². The van der Waals surface area contributed by atoms with Gasteiger partial charge in [-0.25, -0.2) is 15.0 Å². The second-order valence-corrected chi connectivity index (χ2v) is 10.2. The number of aliphatic hydroxyl groups is 4. The highest BCUT2D eigenvalue weighted by atomic mass is 32.2. The van der Waals surface area contributed by atoms with Crippen molar-refractivity contribution in [3.8, 4) is 5.75 Å². The van der Waals surface area contributed by atoms with Gasteiger partial charge >= 0.3 is 0 Å². The summed E-state index contributed by atoms with van der Waals surface area (Å²) in [5.41, 5.74) is 7.13. The first-order chi connectivity index (χ1) is 17.7. The van der Waals surface area contributed by atoms with E-state index in [2.05, 4.69) is 15.0 Å². The number of Topliss-reactive ketones (excluding diaryl/α,β-unsaturated/α-hetero) is 1. The van der Waals surface area contributed by atoms with Crippen molar-refractivity contribution < 1.29 is 34.7 Å². The fourth-order valence-electron chi connectivity index (χ4n) is 3.97. The van der Waals surface area contributed by atoms with Gasteiger partial charge in [-0.3, -0.25) is 9.36 Å². The molecule has 12 nitrogen and oxygen atoms in total. The van der Waals surface area contributed by atoms with Crippen LogP contribution in [-0.4, -0.2) is 89.1 Å². The van der Waals surface area contributed by atoms with Crippen molar-refractivity contribution in [2.45, 2.75) is 56.1 Å². The Labute approximate surface area is 217 Å². The Balaban J connectivity index is 1.43. The van der Waals surface area contributed by atoms with Gasteiger partial charge in [-0.1, -0.05) is 25.6 Å². The number of fused-ring (bicyclic) bond motifs is 1. The number of nitrogens with zero attached hydrogens (tertiary/aromatic N) is 4. The zero-order valence-electron chi connectivity index (χ0n) is 20.5. The molecule has 3 heterocycles. The number of hydrogen-bond acceptors (Lipinski definition) is 12. The minimum Gasteiger partial charge on any atom is -0.491 e. The maximum Gasteiger partial charge on any atom is 0.172 e. The Bertz CT molecular complexity index is 1220. The number of nitrogens with two attached hydrogens (primary N) is 1. The number of ketones is 1. The molecule has 6 N–H and O–H groups in total. The normalized spacial score (nSPS) is 22.6. The number of thioether (sulfide) groups is 1. The third kappa shape index (κ3) is 6.03. The van der Waals surface area contributed by atoms with Gasteiger partial charge in [0.25, 0.3) is 0 Å². The molecule has 5 atom stereocenters. The van der Waals surface area contributed by atoms with Crippen LogP contribution in [0.3, 0.4) is 0 Å². The van der Waals surface area contributed by atoms with Crippen LogP contribution in [0.15, 0.2) is 35.7 Å². The number of rotatable bonds is 11. The molecule has 0 spiro atoms.